The van der Waals surface area contributed by atoms with Gasteiger partial charge in [0.15, 0.2) is 0 Å². The maximum absolute atomic E-state index is 3.67. The minimum absolute atomic E-state index is 0.446. The van der Waals surface area contributed by atoms with E-state index in [0.29, 0.717) is 6.17 Å². The average Bonchev–Trinajstić information content (AvgIpc) is 2.77. The van der Waals surface area contributed by atoms with E-state index in [4.69, 9.17) is 0 Å². The minimum Gasteiger partial charge on any atom is -0.330 e. The van der Waals surface area contributed by atoms with Crippen molar-refractivity contribution in [1.29, 1.82) is 0 Å². The number of nitrogens with zero attached hydrogens (tertiary/aromatic N) is 2. The third-order valence-electron chi connectivity index (χ3n) is 4.01. The number of piperidine rings is 1. The highest BCUT2D eigenvalue weighted by Crippen LogP contribution is 2.30. The molecule has 1 unspecified atom stereocenters. The van der Waals surface area contributed by atoms with Crippen LogP contribution in [0.2, 0.25) is 0 Å². The Morgan fingerprint density at radius 1 is 1.11 bits per heavy atom. The van der Waals surface area contributed by atoms with Crippen LogP contribution in [0.15, 0.2) is 34.9 Å². The van der Waals surface area contributed by atoms with Crippen molar-refractivity contribution in [2.75, 3.05) is 13.1 Å². The number of hydrogen-bond donors (Lipinski definition) is 0. The Morgan fingerprint density at radius 2 is 1.83 bits per heavy atom. The van der Waals surface area contributed by atoms with Gasteiger partial charge in [0.25, 0.3) is 0 Å². The number of hydrogen-bond acceptors (Lipinski definition) is 1. The number of likely N-dealkylation sites (tertiary alicyclic amines) is 1. The summed E-state index contributed by atoms with van der Waals surface area (Å²) in [7, 11) is 0. The molecular formula is C15H19BrN2. The van der Waals surface area contributed by atoms with Crippen molar-refractivity contribution in [2.45, 2.75) is 32.4 Å². The molecule has 0 amide bonds. The quantitative estimate of drug-likeness (QED) is 0.798. The molecule has 1 fully saturated rings. The number of rotatable bonds is 2. The summed E-state index contributed by atoms with van der Waals surface area (Å²) in [4.78, 5) is 2.59. The summed E-state index contributed by atoms with van der Waals surface area (Å²) in [5.74, 6) is 0. The Morgan fingerprint density at radius 3 is 2.61 bits per heavy atom. The summed E-state index contributed by atoms with van der Waals surface area (Å²) in [6.45, 7) is 4.76. The predicted octanol–water partition coefficient (Wildman–Crippen LogP) is 4.41. The smallest absolute Gasteiger partial charge is 0.0836 e. The molecule has 96 valence electrons. The lowest BCUT2D eigenvalue weighted by Gasteiger charge is -2.33. The van der Waals surface area contributed by atoms with Gasteiger partial charge in [-0.1, -0.05) is 24.6 Å². The van der Waals surface area contributed by atoms with Crippen LogP contribution in [0.25, 0.3) is 10.9 Å². The minimum atomic E-state index is 0.446. The average molecular weight is 307 g/mol. The summed E-state index contributed by atoms with van der Waals surface area (Å²) in [5, 5.41) is 1.31. The first-order valence-corrected chi connectivity index (χ1v) is 7.56. The van der Waals surface area contributed by atoms with Gasteiger partial charge in [-0.25, -0.2) is 0 Å². The molecule has 3 rings (SSSR count). The Labute approximate surface area is 117 Å². The molecule has 0 aliphatic carbocycles. The van der Waals surface area contributed by atoms with Gasteiger partial charge in [-0.15, -0.1) is 0 Å². The largest absolute Gasteiger partial charge is 0.330 e. The molecule has 18 heavy (non-hydrogen) atoms. The van der Waals surface area contributed by atoms with Crippen molar-refractivity contribution in [2.24, 2.45) is 0 Å². The molecule has 1 atom stereocenters. The van der Waals surface area contributed by atoms with Crippen molar-refractivity contribution in [3.8, 4) is 0 Å². The second-order valence-electron chi connectivity index (χ2n) is 5.13. The molecule has 0 N–H and O–H groups in total. The Hall–Kier alpha value is -0.800. The Balaban J connectivity index is 1.98. The van der Waals surface area contributed by atoms with Crippen molar-refractivity contribution in [3.63, 3.8) is 0 Å². The van der Waals surface area contributed by atoms with Crippen LogP contribution >= 0.6 is 15.9 Å². The van der Waals surface area contributed by atoms with E-state index in [0.717, 1.165) is 0 Å². The standard InChI is InChI=1S/C15H19BrN2/c1-12(17-9-5-2-6-10-17)18-11-14(16)13-7-3-4-8-15(13)18/h3-4,7-8,11-12H,2,5-6,9-10H2,1H3. The zero-order chi connectivity index (χ0) is 12.5. The first-order valence-electron chi connectivity index (χ1n) is 6.76. The van der Waals surface area contributed by atoms with Gasteiger partial charge in [0.1, 0.15) is 0 Å². The highest BCUT2D eigenvalue weighted by molar-refractivity contribution is 9.10. The van der Waals surface area contributed by atoms with Gasteiger partial charge in [0, 0.05) is 29.1 Å². The third-order valence-corrected chi connectivity index (χ3v) is 4.65. The fourth-order valence-corrected chi connectivity index (χ4v) is 3.49. The topological polar surface area (TPSA) is 8.17 Å². The van der Waals surface area contributed by atoms with Crippen LogP contribution in [0, 0.1) is 0 Å². The summed E-state index contributed by atoms with van der Waals surface area (Å²) >= 11 is 3.67. The lowest BCUT2D eigenvalue weighted by Crippen LogP contribution is -2.34. The first-order chi connectivity index (χ1) is 8.77. The summed E-state index contributed by atoms with van der Waals surface area (Å²) in [6.07, 6.45) is 6.74. The number of halogens is 1. The van der Waals surface area contributed by atoms with Crippen LogP contribution < -0.4 is 0 Å². The van der Waals surface area contributed by atoms with E-state index in [1.165, 1.54) is 47.7 Å². The van der Waals surface area contributed by atoms with E-state index in [2.05, 4.69) is 62.8 Å². The molecule has 1 aromatic carbocycles. The van der Waals surface area contributed by atoms with E-state index in [1.807, 2.05) is 0 Å². The van der Waals surface area contributed by atoms with Crippen LogP contribution in [-0.2, 0) is 0 Å². The molecule has 0 bridgehead atoms. The first kappa shape index (κ1) is 12.2. The maximum atomic E-state index is 3.67. The summed E-state index contributed by atoms with van der Waals surface area (Å²) < 4.78 is 3.59. The Kier molecular flexibility index (Phi) is 3.44. The molecule has 0 spiro atoms. The second kappa shape index (κ2) is 5.06. The third kappa shape index (κ3) is 2.10. The van der Waals surface area contributed by atoms with E-state index in [1.54, 1.807) is 0 Å². The molecule has 1 aliphatic heterocycles. The molecular weight excluding hydrogens is 288 g/mol. The second-order valence-corrected chi connectivity index (χ2v) is 5.98. The molecule has 2 heterocycles. The van der Waals surface area contributed by atoms with E-state index >= 15 is 0 Å². The van der Waals surface area contributed by atoms with Crippen molar-refractivity contribution >= 4 is 26.8 Å². The number of benzene rings is 1. The number of para-hydroxylation sites is 1. The summed E-state index contributed by atoms with van der Waals surface area (Å²) in [5.41, 5.74) is 1.32. The monoisotopic (exact) mass is 306 g/mol. The molecule has 2 nitrogen and oxygen atoms in total. The van der Waals surface area contributed by atoms with Crippen molar-refractivity contribution in [1.82, 2.24) is 9.47 Å². The predicted molar refractivity (Wildman–Crippen MR) is 79.8 cm³/mol. The zero-order valence-corrected chi connectivity index (χ0v) is 12.4. The lowest BCUT2D eigenvalue weighted by atomic mass is 10.1. The number of fused-ring (bicyclic) bond motifs is 1. The maximum Gasteiger partial charge on any atom is 0.0836 e. The molecule has 0 radical (unpaired) electrons. The normalized spacial score (nSPS) is 19.2. The highest BCUT2D eigenvalue weighted by atomic mass is 79.9. The molecule has 2 aromatic rings. The molecule has 3 heteroatoms. The molecule has 1 aliphatic rings. The van der Waals surface area contributed by atoms with Crippen LogP contribution in [0.4, 0.5) is 0 Å². The lowest BCUT2D eigenvalue weighted by molar-refractivity contribution is 0.130. The fraction of sp³-hybridized carbons (Fsp3) is 0.467. The van der Waals surface area contributed by atoms with Gasteiger partial charge in [-0.05, 0) is 41.8 Å². The van der Waals surface area contributed by atoms with Crippen LogP contribution in [0.1, 0.15) is 32.4 Å². The highest BCUT2D eigenvalue weighted by Gasteiger charge is 2.19. The van der Waals surface area contributed by atoms with Gasteiger partial charge in [-0.3, -0.25) is 4.90 Å². The SMILES string of the molecule is CC(N1CCCCC1)n1cc(Br)c2ccccc21. The van der Waals surface area contributed by atoms with E-state index < -0.39 is 0 Å². The molecule has 1 saturated heterocycles. The van der Waals surface area contributed by atoms with Gasteiger partial charge in [0.2, 0.25) is 0 Å². The Bertz CT molecular complexity index is 540. The van der Waals surface area contributed by atoms with Crippen LogP contribution in [0.5, 0.6) is 0 Å². The van der Waals surface area contributed by atoms with E-state index in [9.17, 15) is 0 Å². The zero-order valence-electron chi connectivity index (χ0n) is 10.8. The van der Waals surface area contributed by atoms with Gasteiger partial charge in [0.05, 0.1) is 11.7 Å². The van der Waals surface area contributed by atoms with Crippen LogP contribution in [0.3, 0.4) is 0 Å². The fourth-order valence-electron chi connectivity index (χ4n) is 2.94. The van der Waals surface area contributed by atoms with Gasteiger partial charge >= 0.3 is 0 Å². The van der Waals surface area contributed by atoms with E-state index in [-0.39, 0.29) is 0 Å². The molecule has 1 aromatic heterocycles. The molecule has 0 saturated carbocycles. The number of aromatic nitrogens is 1. The van der Waals surface area contributed by atoms with Gasteiger partial charge in [-0.2, -0.15) is 0 Å². The van der Waals surface area contributed by atoms with Crippen LogP contribution in [-0.4, -0.2) is 22.6 Å². The van der Waals surface area contributed by atoms with Crippen molar-refractivity contribution in [3.05, 3.63) is 34.9 Å². The van der Waals surface area contributed by atoms with Crippen molar-refractivity contribution < 1.29 is 0 Å². The summed E-state index contributed by atoms with van der Waals surface area (Å²) in [6, 6.07) is 8.61. The van der Waals surface area contributed by atoms with Gasteiger partial charge < -0.3 is 4.57 Å².